The smallest absolute Gasteiger partial charge is 0.225 e. The van der Waals surface area contributed by atoms with Gasteiger partial charge in [0.05, 0.1) is 12.6 Å². The second-order valence-electron chi connectivity index (χ2n) is 10.5. The highest BCUT2D eigenvalue weighted by atomic mass is 15.2. The van der Waals surface area contributed by atoms with Crippen molar-refractivity contribution in [3.63, 3.8) is 0 Å². The first-order chi connectivity index (χ1) is 17.3. The van der Waals surface area contributed by atoms with Gasteiger partial charge in [-0.25, -0.2) is 9.13 Å². The fourth-order valence-corrected chi connectivity index (χ4v) is 5.57. The zero-order valence-electron chi connectivity index (χ0n) is 22.6. The van der Waals surface area contributed by atoms with Gasteiger partial charge in [-0.1, -0.05) is 64.1 Å². The Hall–Kier alpha value is -3.72. The molecule has 2 heterocycles. The van der Waals surface area contributed by atoms with E-state index >= 15 is 0 Å². The second-order valence-corrected chi connectivity index (χ2v) is 10.5. The Morgan fingerprint density at radius 2 is 1.28 bits per heavy atom. The Morgan fingerprint density at radius 1 is 0.667 bits per heavy atom. The molecule has 3 aromatic carbocycles. The lowest BCUT2D eigenvalue weighted by molar-refractivity contribution is -0.660. The van der Waals surface area contributed by atoms with E-state index in [-0.39, 0.29) is 0 Å². The van der Waals surface area contributed by atoms with E-state index < -0.39 is 0 Å². The number of fused-ring (bicyclic) bond motifs is 1. The number of para-hydroxylation sites is 3. The molecule has 0 aliphatic heterocycles. The largest absolute Gasteiger partial charge is 0.295 e. The minimum Gasteiger partial charge on any atom is -0.225 e. The maximum atomic E-state index is 2.52. The van der Waals surface area contributed by atoms with Crippen LogP contribution in [-0.2, 0) is 14.1 Å². The van der Waals surface area contributed by atoms with Crippen LogP contribution in [0.5, 0.6) is 0 Å². The van der Waals surface area contributed by atoms with Gasteiger partial charge in [-0.2, -0.15) is 4.57 Å². The molecule has 0 unspecified atom stereocenters. The van der Waals surface area contributed by atoms with Gasteiger partial charge in [0.2, 0.25) is 5.69 Å². The highest BCUT2D eigenvalue weighted by Crippen LogP contribution is 2.38. The van der Waals surface area contributed by atoms with Crippen LogP contribution in [0.25, 0.3) is 39.4 Å². The molecule has 0 radical (unpaired) electrons. The van der Waals surface area contributed by atoms with Gasteiger partial charge in [-0.3, -0.25) is 0 Å². The number of nitrogens with zero attached hydrogens (tertiary/aromatic N) is 3. The summed E-state index contributed by atoms with van der Waals surface area (Å²) in [5, 5.41) is 0. The van der Waals surface area contributed by atoms with Crippen LogP contribution in [0, 0.1) is 6.92 Å². The molecule has 0 spiro atoms. The molecule has 0 amide bonds. The van der Waals surface area contributed by atoms with E-state index in [1.54, 1.807) is 0 Å². The van der Waals surface area contributed by atoms with E-state index in [9.17, 15) is 0 Å². The van der Waals surface area contributed by atoms with Gasteiger partial charge >= 0.3 is 0 Å². The van der Waals surface area contributed by atoms with Crippen molar-refractivity contribution in [1.82, 2.24) is 4.57 Å². The predicted octanol–water partition coefficient (Wildman–Crippen LogP) is 7.17. The maximum absolute atomic E-state index is 2.52. The molecular formula is C33H37N3+2. The van der Waals surface area contributed by atoms with Crippen molar-refractivity contribution in [3.8, 4) is 28.3 Å². The molecule has 182 valence electrons. The van der Waals surface area contributed by atoms with Gasteiger partial charge in [-0.05, 0) is 54.7 Å². The summed E-state index contributed by atoms with van der Waals surface area (Å²) in [4.78, 5) is 0. The molecular weight excluding hydrogens is 438 g/mol. The molecule has 3 nitrogen and oxygen atoms in total. The lowest BCUT2D eigenvalue weighted by atomic mass is 9.92. The molecule has 0 bridgehead atoms. The minimum absolute atomic E-state index is 0.411. The first-order valence-corrected chi connectivity index (χ1v) is 13.0. The number of aryl methyl sites for hydroxylation is 2. The number of benzene rings is 3. The van der Waals surface area contributed by atoms with Gasteiger partial charge in [0.1, 0.15) is 12.7 Å². The van der Waals surface area contributed by atoms with Crippen LogP contribution in [-0.4, -0.2) is 4.57 Å². The van der Waals surface area contributed by atoms with Crippen molar-refractivity contribution in [2.24, 2.45) is 14.1 Å². The molecule has 0 fully saturated rings. The molecule has 0 saturated heterocycles. The fourth-order valence-electron chi connectivity index (χ4n) is 5.57. The lowest BCUT2D eigenvalue weighted by Crippen LogP contribution is -2.31. The van der Waals surface area contributed by atoms with Crippen LogP contribution in [0.3, 0.4) is 0 Å². The molecule has 0 atom stereocenters. The topological polar surface area (TPSA) is 12.7 Å². The molecule has 0 saturated carbocycles. The van der Waals surface area contributed by atoms with E-state index in [4.69, 9.17) is 0 Å². The highest BCUT2D eigenvalue weighted by Gasteiger charge is 2.31. The number of hydrogen-bond acceptors (Lipinski definition) is 0. The predicted molar refractivity (Wildman–Crippen MR) is 149 cm³/mol. The number of pyridine rings is 1. The summed E-state index contributed by atoms with van der Waals surface area (Å²) in [5.41, 5.74) is 11.6. The average molecular weight is 476 g/mol. The van der Waals surface area contributed by atoms with Crippen molar-refractivity contribution in [3.05, 3.63) is 102 Å². The lowest BCUT2D eigenvalue weighted by Gasteiger charge is -2.18. The highest BCUT2D eigenvalue weighted by molar-refractivity contribution is 5.82. The van der Waals surface area contributed by atoms with Gasteiger partial charge in [0, 0.05) is 28.8 Å². The van der Waals surface area contributed by atoms with Gasteiger partial charge in [-0.15, -0.1) is 0 Å². The Kier molecular flexibility index (Phi) is 6.26. The Morgan fingerprint density at radius 3 is 1.94 bits per heavy atom. The molecule has 0 N–H and O–H groups in total. The van der Waals surface area contributed by atoms with Crippen molar-refractivity contribution in [2.75, 3.05) is 0 Å². The summed E-state index contributed by atoms with van der Waals surface area (Å²) >= 11 is 0. The first kappa shape index (κ1) is 24.0. The minimum atomic E-state index is 0.411. The van der Waals surface area contributed by atoms with Crippen molar-refractivity contribution in [2.45, 2.75) is 46.5 Å². The van der Waals surface area contributed by atoms with Crippen molar-refractivity contribution >= 4 is 11.0 Å². The number of hydrogen-bond donors (Lipinski definition) is 0. The third kappa shape index (κ3) is 3.83. The van der Waals surface area contributed by atoms with Gasteiger partial charge < -0.3 is 0 Å². The monoisotopic (exact) mass is 475 g/mol. The number of aromatic nitrogens is 3. The van der Waals surface area contributed by atoms with Crippen LogP contribution in [0.15, 0.2) is 85.1 Å². The molecule has 3 heteroatoms. The third-order valence-electron chi connectivity index (χ3n) is 7.49. The Labute approximate surface area is 215 Å². The quantitative estimate of drug-likeness (QED) is 0.239. The third-order valence-corrected chi connectivity index (χ3v) is 7.49. The standard InChI is InChI=1S/C33H37N3/c1-22(2)25-14-12-15-26(23(3)4)32(25)36-31-20-9-8-19-30(31)35(7)33(36)28-17-13-16-27(24(28)5)29-18-10-11-21-34(29)6/h8-23H,1-7H3/q+2. The van der Waals surface area contributed by atoms with Crippen LogP contribution >= 0.6 is 0 Å². The Bertz CT molecular complexity index is 1540. The van der Waals surface area contributed by atoms with E-state index in [2.05, 4.69) is 147 Å². The van der Waals surface area contributed by atoms with E-state index in [1.165, 1.54) is 56.1 Å². The Balaban J connectivity index is 1.92. The summed E-state index contributed by atoms with van der Waals surface area (Å²) in [5.74, 6) is 2.03. The van der Waals surface area contributed by atoms with E-state index in [0.717, 1.165) is 0 Å². The average Bonchev–Trinajstić information content (AvgIpc) is 3.16. The van der Waals surface area contributed by atoms with E-state index in [1.807, 2.05) is 0 Å². The van der Waals surface area contributed by atoms with Crippen LogP contribution in [0.4, 0.5) is 0 Å². The zero-order chi connectivity index (χ0) is 25.6. The molecule has 0 aliphatic carbocycles. The number of rotatable bonds is 5. The van der Waals surface area contributed by atoms with Crippen LogP contribution in [0.2, 0.25) is 0 Å². The van der Waals surface area contributed by atoms with Crippen LogP contribution in [0.1, 0.15) is 56.2 Å². The van der Waals surface area contributed by atoms with Gasteiger partial charge in [0.25, 0.3) is 5.82 Å². The molecule has 5 aromatic rings. The summed E-state index contributed by atoms with van der Waals surface area (Å²) in [6, 6.07) is 28.7. The molecule has 2 aromatic heterocycles. The van der Waals surface area contributed by atoms with Crippen molar-refractivity contribution in [1.29, 1.82) is 0 Å². The summed E-state index contributed by atoms with van der Waals surface area (Å²) in [7, 11) is 4.32. The molecule has 0 aliphatic rings. The zero-order valence-corrected chi connectivity index (χ0v) is 22.6. The number of imidazole rings is 1. The summed E-state index contributed by atoms with van der Waals surface area (Å²) in [6.07, 6.45) is 2.12. The normalized spacial score (nSPS) is 11.7. The van der Waals surface area contributed by atoms with Gasteiger partial charge in [0.15, 0.2) is 17.2 Å². The second kappa shape index (κ2) is 9.39. The summed E-state index contributed by atoms with van der Waals surface area (Å²) < 4.78 is 7.09. The summed E-state index contributed by atoms with van der Waals surface area (Å²) in [6.45, 7) is 11.5. The maximum Gasteiger partial charge on any atom is 0.295 e. The first-order valence-electron chi connectivity index (χ1n) is 13.0. The molecule has 36 heavy (non-hydrogen) atoms. The molecule has 5 rings (SSSR count). The van der Waals surface area contributed by atoms with E-state index in [0.29, 0.717) is 11.8 Å². The van der Waals surface area contributed by atoms with Crippen LogP contribution < -0.4 is 9.13 Å². The fraction of sp³-hybridized carbons (Fsp3) is 0.273. The SMILES string of the molecule is Cc1c(-c2cccc[n+]2C)cccc1-c1n(-c2c(C(C)C)cccc2C(C)C)c2ccccc2[n+]1C. The van der Waals surface area contributed by atoms with Crippen molar-refractivity contribution < 1.29 is 9.13 Å².